The number of carbonyl (C=O) groups excluding carboxylic acids is 1. The van der Waals surface area contributed by atoms with Gasteiger partial charge >= 0.3 is 0 Å². The van der Waals surface area contributed by atoms with Gasteiger partial charge in [-0.15, -0.1) is 0 Å². The third kappa shape index (κ3) is 4.20. The van der Waals surface area contributed by atoms with Gasteiger partial charge in [-0.1, -0.05) is 35.5 Å². The molecule has 1 amide bonds. The fourth-order valence-corrected chi connectivity index (χ4v) is 3.18. The van der Waals surface area contributed by atoms with Crippen LogP contribution in [0.5, 0.6) is 0 Å². The van der Waals surface area contributed by atoms with Crippen LogP contribution in [0.3, 0.4) is 0 Å². The molecule has 1 saturated heterocycles. The first-order chi connectivity index (χ1) is 11.6. The molecule has 2 aromatic rings. The highest BCUT2D eigenvalue weighted by atomic mass is 16.5. The Bertz CT molecular complexity index is 671. The third-order valence-electron chi connectivity index (χ3n) is 4.38. The molecule has 0 spiro atoms. The molecule has 1 aromatic heterocycles. The van der Waals surface area contributed by atoms with E-state index in [9.17, 15) is 4.79 Å². The zero-order valence-electron chi connectivity index (χ0n) is 14.3. The van der Waals surface area contributed by atoms with E-state index >= 15 is 0 Å². The highest BCUT2D eigenvalue weighted by Crippen LogP contribution is 2.24. The van der Waals surface area contributed by atoms with Crippen LogP contribution in [-0.4, -0.2) is 52.5 Å². The van der Waals surface area contributed by atoms with E-state index in [0.717, 1.165) is 31.8 Å². The van der Waals surface area contributed by atoms with Crippen LogP contribution >= 0.6 is 0 Å². The topological polar surface area (TPSA) is 62.5 Å². The van der Waals surface area contributed by atoms with E-state index in [0.29, 0.717) is 19.0 Å². The van der Waals surface area contributed by atoms with Crippen molar-refractivity contribution in [1.29, 1.82) is 0 Å². The summed E-state index contributed by atoms with van der Waals surface area (Å²) in [5.74, 6) is 1.65. The lowest BCUT2D eigenvalue weighted by Gasteiger charge is -2.32. The summed E-state index contributed by atoms with van der Waals surface area (Å²) in [4.78, 5) is 20.9. The van der Waals surface area contributed by atoms with Gasteiger partial charge in [-0.2, -0.15) is 4.98 Å². The maximum atomic E-state index is 12.6. The summed E-state index contributed by atoms with van der Waals surface area (Å²) in [6.07, 6.45) is 1.98. The van der Waals surface area contributed by atoms with Crippen molar-refractivity contribution in [2.75, 3.05) is 26.7 Å². The molecular formula is C18H24N4O2. The van der Waals surface area contributed by atoms with Gasteiger partial charge in [0.2, 0.25) is 11.8 Å². The van der Waals surface area contributed by atoms with E-state index in [1.165, 1.54) is 5.56 Å². The van der Waals surface area contributed by atoms with Gasteiger partial charge in [-0.25, -0.2) is 0 Å². The summed E-state index contributed by atoms with van der Waals surface area (Å²) in [5, 5.41) is 4.02. The Morgan fingerprint density at radius 3 is 2.88 bits per heavy atom. The number of carbonyl (C=O) groups is 1. The Labute approximate surface area is 142 Å². The molecule has 0 saturated carbocycles. The smallest absolute Gasteiger partial charge is 0.236 e. The largest absolute Gasteiger partial charge is 0.341 e. The predicted molar refractivity (Wildman–Crippen MR) is 90.4 cm³/mol. The van der Waals surface area contributed by atoms with Gasteiger partial charge in [0.25, 0.3) is 0 Å². The Morgan fingerprint density at radius 2 is 2.17 bits per heavy atom. The second-order valence-corrected chi connectivity index (χ2v) is 6.51. The summed E-state index contributed by atoms with van der Waals surface area (Å²) in [7, 11) is 1.98. The molecule has 0 aliphatic carbocycles. The minimum Gasteiger partial charge on any atom is -0.341 e. The normalized spacial score (nSPS) is 18.1. The minimum atomic E-state index is 0.165. The van der Waals surface area contributed by atoms with Crippen molar-refractivity contribution in [3.05, 3.63) is 47.6 Å². The third-order valence-corrected chi connectivity index (χ3v) is 4.38. The molecule has 24 heavy (non-hydrogen) atoms. The highest BCUT2D eigenvalue weighted by molar-refractivity contribution is 5.78. The zero-order valence-corrected chi connectivity index (χ0v) is 14.3. The van der Waals surface area contributed by atoms with Crippen molar-refractivity contribution in [2.24, 2.45) is 0 Å². The predicted octanol–water partition coefficient (Wildman–Crippen LogP) is 2.22. The number of aromatic nitrogens is 2. The maximum Gasteiger partial charge on any atom is 0.236 e. The lowest BCUT2D eigenvalue weighted by Crippen LogP contribution is -2.43. The van der Waals surface area contributed by atoms with Crippen molar-refractivity contribution < 1.29 is 9.32 Å². The summed E-state index contributed by atoms with van der Waals surface area (Å²) in [6.45, 7) is 4.48. The molecule has 0 radical (unpaired) electrons. The van der Waals surface area contributed by atoms with E-state index in [2.05, 4.69) is 27.2 Å². The molecule has 1 aromatic carbocycles. The molecular weight excluding hydrogens is 304 g/mol. The van der Waals surface area contributed by atoms with Crippen LogP contribution in [-0.2, 0) is 11.3 Å². The molecule has 6 heteroatoms. The summed E-state index contributed by atoms with van der Waals surface area (Å²) >= 11 is 0. The number of amides is 1. The van der Waals surface area contributed by atoms with E-state index < -0.39 is 0 Å². The van der Waals surface area contributed by atoms with Crippen molar-refractivity contribution in [2.45, 2.75) is 32.2 Å². The number of likely N-dealkylation sites (tertiary alicyclic amines) is 1. The van der Waals surface area contributed by atoms with Crippen LogP contribution in [0.4, 0.5) is 0 Å². The van der Waals surface area contributed by atoms with Gasteiger partial charge in [0.1, 0.15) is 0 Å². The molecule has 1 aliphatic heterocycles. The SMILES string of the molecule is Cc1nc(C2CCCN(C(=O)CN(C)Cc3ccccc3)C2)no1. The average molecular weight is 328 g/mol. The van der Waals surface area contributed by atoms with Gasteiger partial charge in [-0.05, 0) is 25.5 Å². The number of hydrogen-bond donors (Lipinski definition) is 0. The number of likely N-dealkylation sites (N-methyl/N-ethyl adjacent to an activating group) is 1. The average Bonchev–Trinajstić information content (AvgIpc) is 3.02. The Morgan fingerprint density at radius 1 is 1.38 bits per heavy atom. The molecule has 1 fully saturated rings. The van der Waals surface area contributed by atoms with E-state index in [4.69, 9.17) is 4.52 Å². The van der Waals surface area contributed by atoms with E-state index in [-0.39, 0.29) is 11.8 Å². The first kappa shape index (κ1) is 16.6. The van der Waals surface area contributed by atoms with Crippen LogP contribution in [0.25, 0.3) is 0 Å². The van der Waals surface area contributed by atoms with Crippen LogP contribution < -0.4 is 0 Å². The lowest BCUT2D eigenvalue weighted by atomic mass is 9.97. The van der Waals surface area contributed by atoms with E-state index in [1.807, 2.05) is 30.1 Å². The van der Waals surface area contributed by atoms with Gasteiger partial charge in [0.15, 0.2) is 5.82 Å². The quantitative estimate of drug-likeness (QED) is 0.842. The Balaban J connectivity index is 1.54. The van der Waals surface area contributed by atoms with Crippen molar-refractivity contribution in [1.82, 2.24) is 19.9 Å². The van der Waals surface area contributed by atoms with Gasteiger partial charge in [0, 0.05) is 32.5 Å². The fourth-order valence-electron chi connectivity index (χ4n) is 3.18. The Kier molecular flexibility index (Phi) is 5.25. The molecule has 0 bridgehead atoms. The summed E-state index contributed by atoms with van der Waals surface area (Å²) < 4.78 is 5.07. The van der Waals surface area contributed by atoms with Crippen LogP contribution in [0.15, 0.2) is 34.9 Å². The van der Waals surface area contributed by atoms with Crippen molar-refractivity contribution >= 4 is 5.91 Å². The molecule has 1 unspecified atom stereocenters. The molecule has 1 aliphatic rings. The molecule has 0 N–H and O–H groups in total. The first-order valence-corrected chi connectivity index (χ1v) is 8.42. The summed E-state index contributed by atoms with van der Waals surface area (Å²) in [6, 6.07) is 10.2. The van der Waals surface area contributed by atoms with Gasteiger partial charge in [-0.3, -0.25) is 9.69 Å². The minimum absolute atomic E-state index is 0.165. The molecule has 2 heterocycles. The van der Waals surface area contributed by atoms with Gasteiger partial charge in [0.05, 0.1) is 6.54 Å². The lowest BCUT2D eigenvalue weighted by molar-refractivity contribution is -0.133. The number of nitrogens with zero attached hydrogens (tertiary/aromatic N) is 4. The first-order valence-electron chi connectivity index (χ1n) is 8.42. The second kappa shape index (κ2) is 7.57. The number of aryl methyl sites for hydroxylation is 1. The van der Waals surface area contributed by atoms with Gasteiger partial charge < -0.3 is 9.42 Å². The van der Waals surface area contributed by atoms with Crippen molar-refractivity contribution in [3.63, 3.8) is 0 Å². The van der Waals surface area contributed by atoms with Crippen LogP contribution in [0, 0.1) is 6.92 Å². The van der Waals surface area contributed by atoms with Crippen LogP contribution in [0.1, 0.15) is 36.0 Å². The number of rotatable bonds is 5. The number of hydrogen-bond acceptors (Lipinski definition) is 5. The molecule has 1 atom stereocenters. The molecule has 3 rings (SSSR count). The molecule has 128 valence electrons. The summed E-state index contributed by atoms with van der Waals surface area (Å²) in [5.41, 5.74) is 1.21. The zero-order chi connectivity index (χ0) is 16.9. The monoisotopic (exact) mass is 328 g/mol. The number of piperidine rings is 1. The van der Waals surface area contributed by atoms with E-state index in [1.54, 1.807) is 6.92 Å². The standard InChI is InChI=1S/C18H24N4O2/c1-14-19-18(20-24-14)16-9-6-10-22(12-16)17(23)13-21(2)11-15-7-4-3-5-8-15/h3-5,7-8,16H,6,9-13H2,1-2H3. The fraction of sp³-hybridized carbons (Fsp3) is 0.500. The highest BCUT2D eigenvalue weighted by Gasteiger charge is 2.28. The second-order valence-electron chi connectivity index (χ2n) is 6.51. The van der Waals surface area contributed by atoms with Crippen molar-refractivity contribution in [3.8, 4) is 0 Å². The maximum absolute atomic E-state index is 12.6. The van der Waals surface area contributed by atoms with Crippen LogP contribution in [0.2, 0.25) is 0 Å². The Hall–Kier alpha value is -2.21. The number of benzene rings is 1. The molecule has 6 nitrogen and oxygen atoms in total.